The van der Waals surface area contributed by atoms with Crippen molar-refractivity contribution in [1.82, 2.24) is 41.8 Å². The SMILES string of the molecule is C=C1C2=C(C=C3c4nc5cc(P)c(C)c6c5c(c4CC13)C(NC(=O)C(CCNC(=O)CNC(=O)C(CC1=CCC(C)C=C1)NC(=O)CNC(=O)CNC(=O)CCCCCN1C(=O)CC(C)(CC)C1=O)C1CC1)CC6)C(CC)C(=O)OC2. The van der Waals surface area contributed by atoms with Crippen LogP contribution in [0.1, 0.15) is 145 Å². The molecule has 1 saturated heterocycles. The van der Waals surface area contributed by atoms with Crippen molar-refractivity contribution in [3.05, 3.63) is 87.2 Å². The van der Waals surface area contributed by atoms with Gasteiger partial charge in [0.05, 0.1) is 48.2 Å². The number of fused-ring (bicyclic) bond motifs is 4. The van der Waals surface area contributed by atoms with E-state index >= 15 is 0 Å². The van der Waals surface area contributed by atoms with Gasteiger partial charge in [0.1, 0.15) is 12.6 Å². The molecule has 7 aliphatic rings. The normalized spacial score (nSPS) is 23.4. The van der Waals surface area contributed by atoms with Crippen LogP contribution in [0.2, 0.25) is 0 Å². The highest BCUT2D eigenvalue weighted by Crippen LogP contribution is 2.53. The summed E-state index contributed by atoms with van der Waals surface area (Å²) >= 11 is 0. The number of cyclic esters (lactones) is 1. The number of esters is 1. The van der Waals surface area contributed by atoms with Gasteiger partial charge in [0.25, 0.3) is 0 Å². The van der Waals surface area contributed by atoms with E-state index < -0.39 is 41.6 Å². The minimum atomic E-state index is -1.07. The zero-order valence-electron chi connectivity index (χ0n) is 47.5. The molecule has 8 unspecified atom stereocenters. The average molecular weight is 1130 g/mol. The molecule has 3 heterocycles. The summed E-state index contributed by atoms with van der Waals surface area (Å²) in [6.07, 6.45) is 16.7. The molecule has 81 heavy (non-hydrogen) atoms. The topological polar surface area (TPSA) is 251 Å². The van der Waals surface area contributed by atoms with E-state index in [1.807, 2.05) is 32.1 Å². The number of hydrogen-bond donors (Lipinski definition) is 6. The van der Waals surface area contributed by atoms with Gasteiger partial charge in [-0.05, 0) is 151 Å². The van der Waals surface area contributed by atoms with Crippen molar-refractivity contribution >= 4 is 84.2 Å². The molecule has 0 radical (unpaired) electrons. The predicted octanol–water partition coefficient (Wildman–Crippen LogP) is 5.17. The van der Waals surface area contributed by atoms with E-state index in [0.717, 1.165) is 86.6 Å². The lowest BCUT2D eigenvalue weighted by Crippen LogP contribution is -2.51. The molecule has 1 aromatic heterocycles. The largest absolute Gasteiger partial charge is 0.460 e. The molecule has 0 spiro atoms. The Labute approximate surface area is 476 Å². The minimum absolute atomic E-state index is 0.0170. The lowest BCUT2D eigenvalue weighted by atomic mass is 9.76. The summed E-state index contributed by atoms with van der Waals surface area (Å²) in [6, 6.07) is 0.786. The molecular formula is C62H79N8O10P. The number of likely N-dealkylation sites (tertiary alicyclic amines) is 1. The second kappa shape index (κ2) is 25.1. The van der Waals surface area contributed by atoms with Crippen molar-refractivity contribution in [2.75, 3.05) is 39.3 Å². The van der Waals surface area contributed by atoms with Crippen LogP contribution in [0.4, 0.5) is 0 Å². The van der Waals surface area contributed by atoms with Gasteiger partial charge < -0.3 is 36.6 Å². The van der Waals surface area contributed by atoms with Crippen molar-refractivity contribution in [2.45, 2.75) is 143 Å². The van der Waals surface area contributed by atoms with E-state index in [1.165, 1.54) is 16.0 Å². The van der Waals surface area contributed by atoms with E-state index in [-0.39, 0.29) is 105 Å². The fraction of sp³-hybridized carbons (Fsp3) is 0.548. The maximum Gasteiger partial charge on any atom is 0.313 e. The molecule has 6 N–H and O–H groups in total. The van der Waals surface area contributed by atoms with Crippen molar-refractivity contribution in [2.24, 2.45) is 35.0 Å². The summed E-state index contributed by atoms with van der Waals surface area (Å²) in [7, 11) is 2.87. The average Bonchev–Trinajstić information content (AvgIpc) is 3.75. The first kappa shape index (κ1) is 58.8. The van der Waals surface area contributed by atoms with Crippen molar-refractivity contribution in [3.8, 4) is 0 Å². The van der Waals surface area contributed by atoms with Gasteiger partial charge in [-0.25, -0.2) is 4.98 Å². The van der Waals surface area contributed by atoms with Crippen LogP contribution in [0.3, 0.4) is 0 Å². The number of amides is 8. The lowest BCUT2D eigenvalue weighted by molar-refractivity contribution is -0.147. The van der Waals surface area contributed by atoms with Crippen LogP contribution in [-0.2, 0) is 60.7 Å². The van der Waals surface area contributed by atoms with Gasteiger partial charge in [-0.2, -0.15) is 0 Å². The number of benzene rings is 1. The highest BCUT2D eigenvalue weighted by molar-refractivity contribution is 7.27. The van der Waals surface area contributed by atoms with E-state index in [2.05, 4.69) is 73.7 Å². The van der Waals surface area contributed by atoms with Gasteiger partial charge >= 0.3 is 5.97 Å². The number of nitrogens with zero attached hydrogens (tertiary/aromatic N) is 2. The summed E-state index contributed by atoms with van der Waals surface area (Å²) in [4.78, 5) is 124. The first-order valence-corrected chi connectivity index (χ1v) is 29.8. The van der Waals surface area contributed by atoms with Crippen LogP contribution < -0.4 is 37.2 Å². The second-order valence-electron chi connectivity index (χ2n) is 23.6. The number of carbonyl (C=O) groups excluding carboxylic acids is 9. The maximum atomic E-state index is 14.5. The summed E-state index contributed by atoms with van der Waals surface area (Å²) in [5.74, 6) is -3.43. The van der Waals surface area contributed by atoms with Gasteiger partial charge in [0, 0.05) is 49.6 Å². The number of nitrogens with one attached hydrogen (secondary N) is 6. The highest BCUT2D eigenvalue weighted by atomic mass is 31.0. The molecule has 1 aromatic carbocycles. The molecule has 8 atom stereocenters. The number of carbonyl (C=O) groups is 9. The number of aryl methyl sites for hydroxylation is 1. The number of imide groups is 1. The van der Waals surface area contributed by atoms with Gasteiger partial charge in [-0.3, -0.25) is 48.1 Å². The number of allylic oxidation sites excluding steroid dienone is 5. The third-order valence-electron chi connectivity index (χ3n) is 17.9. The summed E-state index contributed by atoms with van der Waals surface area (Å²) in [5, 5.41) is 19.0. The summed E-state index contributed by atoms with van der Waals surface area (Å²) < 4.78 is 5.63. The summed E-state index contributed by atoms with van der Waals surface area (Å²) in [5.41, 5.74) is 10.6. The third kappa shape index (κ3) is 13.0. The Morgan fingerprint density at radius 2 is 1.67 bits per heavy atom. The molecule has 9 rings (SSSR count). The molecule has 2 aliphatic heterocycles. The van der Waals surface area contributed by atoms with E-state index in [4.69, 9.17) is 9.72 Å². The first-order chi connectivity index (χ1) is 38.8. The van der Waals surface area contributed by atoms with Crippen molar-refractivity contribution < 1.29 is 47.9 Å². The standard InChI is InChI=1S/C62H79N8O10P/c1-7-38-42-26-43-41(34(4)45(42)32-80-60(38)78)25-44-56-46(20-19-39-35(5)49(81)27-47(55(39)56)68-57(43)44)69-58(76)40(37-17-18-37)21-22-63-51(72)30-66-59(77)48(24-36-15-13-33(3)14-16-36)67-53(74)31-65-52(73)29-64-50(71)12-10-9-11-23-70-54(75)28-62(6,8-2)61(70)79/h13,15-16,26-27,33,37-38,40-41,46,48H,4,7-12,14,17-25,28-32,81H2,1-3,5-6H3,(H,63,72)(H,64,71)(H,65,73)(H,66,77)(H,67,74)(H,69,76). The maximum absolute atomic E-state index is 14.5. The Morgan fingerprint density at radius 1 is 0.926 bits per heavy atom. The van der Waals surface area contributed by atoms with Crippen LogP contribution in [0, 0.1) is 41.9 Å². The predicted molar refractivity (Wildman–Crippen MR) is 310 cm³/mol. The van der Waals surface area contributed by atoms with Crippen LogP contribution in [-0.4, -0.2) is 108 Å². The number of ether oxygens (including phenoxy) is 1. The van der Waals surface area contributed by atoms with Crippen LogP contribution in [0.25, 0.3) is 16.5 Å². The molecule has 19 heteroatoms. The number of rotatable bonds is 24. The van der Waals surface area contributed by atoms with Crippen LogP contribution in [0.15, 0.2) is 59.2 Å². The Kier molecular flexibility index (Phi) is 18.3. The molecule has 2 fully saturated rings. The van der Waals surface area contributed by atoms with Crippen molar-refractivity contribution in [1.29, 1.82) is 0 Å². The number of hydrogen-bond acceptors (Lipinski definition) is 11. The zero-order chi connectivity index (χ0) is 57.9. The molecule has 2 aromatic rings. The van der Waals surface area contributed by atoms with E-state index in [0.29, 0.717) is 63.8 Å². The number of unbranched alkanes of at least 4 members (excludes halogenated alkanes) is 2. The third-order valence-corrected chi connectivity index (χ3v) is 18.5. The fourth-order valence-corrected chi connectivity index (χ4v) is 13.0. The van der Waals surface area contributed by atoms with Gasteiger partial charge in [0.15, 0.2) is 0 Å². The summed E-state index contributed by atoms with van der Waals surface area (Å²) in [6.45, 7) is 14.0. The molecule has 1 saturated carbocycles. The van der Waals surface area contributed by atoms with Gasteiger partial charge in [-0.15, -0.1) is 9.24 Å². The monoisotopic (exact) mass is 1130 g/mol. The number of pyridine rings is 1. The molecule has 18 nitrogen and oxygen atoms in total. The Hall–Kier alpha value is -6.81. The van der Waals surface area contributed by atoms with E-state index in [1.54, 1.807) is 6.92 Å². The fourth-order valence-electron chi connectivity index (χ4n) is 12.7. The van der Waals surface area contributed by atoms with Crippen molar-refractivity contribution in [3.63, 3.8) is 0 Å². The Bertz CT molecular complexity index is 3100. The second-order valence-corrected chi connectivity index (χ2v) is 24.2. The molecule has 0 bridgehead atoms. The number of aromatic nitrogens is 1. The first-order valence-electron chi connectivity index (χ1n) is 29.2. The molecule has 8 amide bonds. The van der Waals surface area contributed by atoms with Crippen LogP contribution >= 0.6 is 9.24 Å². The van der Waals surface area contributed by atoms with Gasteiger partial charge in [-0.1, -0.05) is 65.0 Å². The smallest absolute Gasteiger partial charge is 0.313 e. The highest BCUT2D eigenvalue weighted by Gasteiger charge is 2.47. The Morgan fingerprint density at radius 3 is 2.38 bits per heavy atom. The van der Waals surface area contributed by atoms with Gasteiger partial charge in [0.2, 0.25) is 47.3 Å². The van der Waals surface area contributed by atoms with Crippen LogP contribution in [0.5, 0.6) is 0 Å². The Balaban J connectivity index is 0.757. The molecular weight excluding hydrogens is 1050 g/mol. The zero-order valence-corrected chi connectivity index (χ0v) is 48.7. The molecule has 5 aliphatic carbocycles. The quantitative estimate of drug-likeness (QED) is 0.0347. The lowest BCUT2D eigenvalue weighted by Gasteiger charge is -2.32. The molecule has 432 valence electrons. The van der Waals surface area contributed by atoms with E-state index in [9.17, 15) is 43.2 Å². The minimum Gasteiger partial charge on any atom is -0.460 e.